The van der Waals surface area contributed by atoms with Gasteiger partial charge in [-0.1, -0.05) is 24.3 Å². The Hall–Kier alpha value is -2.14. The predicted octanol–water partition coefficient (Wildman–Crippen LogP) is 2.41. The van der Waals surface area contributed by atoms with Gasteiger partial charge in [0.15, 0.2) is 0 Å². The van der Waals surface area contributed by atoms with E-state index in [1.165, 1.54) is 11.1 Å². The molecule has 0 bridgehead atoms. The number of carbonyl (C=O) groups excluding carboxylic acids is 1. The second kappa shape index (κ2) is 5.93. The maximum atomic E-state index is 12.6. The van der Waals surface area contributed by atoms with Crippen LogP contribution < -0.4 is 0 Å². The molecule has 1 unspecified atom stereocenters. The topological polar surface area (TPSA) is 58.2 Å². The molecule has 0 spiro atoms. The summed E-state index contributed by atoms with van der Waals surface area (Å²) in [6.07, 6.45) is 0.862. The van der Waals surface area contributed by atoms with Crippen LogP contribution in [0.1, 0.15) is 39.2 Å². The Morgan fingerprint density at radius 1 is 1.41 bits per heavy atom. The van der Waals surface area contributed by atoms with Crippen molar-refractivity contribution in [3.63, 3.8) is 0 Å². The zero-order valence-electron chi connectivity index (χ0n) is 13.2. The molecule has 0 aliphatic carbocycles. The number of imidazole rings is 1. The maximum absolute atomic E-state index is 12.6. The van der Waals surface area contributed by atoms with Crippen LogP contribution in [0.4, 0.5) is 0 Å². The lowest BCUT2D eigenvalue weighted by atomic mass is 9.97. The second-order valence-corrected chi connectivity index (χ2v) is 5.79. The summed E-state index contributed by atoms with van der Waals surface area (Å²) >= 11 is 0. The Kier molecular flexibility index (Phi) is 3.98. The molecule has 22 heavy (non-hydrogen) atoms. The second-order valence-electron chi connectivity index (χ2n) is 5.79. The molecule has 1 aliphatic rings. The van der Waals surface area contributed by atoms with Gasteiger partial charge in [-0.05, 0) is 31.4 Å². The third-order valence-electron chi connectivity index (χ3n) is 4.08. The number of aromatic nitrogens is 2. The van der Waals surface area contributed by atoms with Crippen LogP contribution in [0.3, 0.4) is 0 Å². The quantitative estimate of drug-likeness (QED) is 0.947. The number of benzene rings is 1. The van der Waals surface area contributed by atoms with Gasteiger partial charge in [0.05, 0.1) is 13.2 Å². The molecule has 1 aliphatic heterocycles. The van der Waals surface area contributed by atoms with Crippen LogP contribution in [-0.2, 0) is 11.2 Å². The third-order valence-corrected chi connectivity index (χ3v) is 4.08. The Labute approximate surface area is 130 Å². The molecule has 1 amide bonds. The minimum absolute atomic E-state index is 0.0701. The summed E-state index contributed by atoms with van der Waals surface area (Å²) in [5, 5.41) is 0. The SMILES string of the molecule is Cc1nc(C(=O)N(C)CC2OCCc3ccccc32)c(C)[nH]1. The van der Waals surface area contributed by atoms with E-state index < -0.39 is 0 Å². The summed E-state index contributed by atoms with van der Waals surface area (Å²) < 4.78 is 5.87. The van der Waals surface area contributed by atoms with E-state index in [1.54, 1.807) is 11.9 Å². The third kappa shape index (κ3) is 2.76. The average molecular weight is 299 g/mol. The Bertz CT molecular complexity index is 693. The van der Waals surface area contributed by atoms with Crippen LogP contribution in [0.5, 0.6) is 0 Å². The highest BCUT2D eigenvalue weighted by molar-refractivity contribution is 5.93. The zero-order valence-corrected chi connectivity index (χ0v) is 13.2. The summed E-state index contributed by atoms with van der Waals surface area (Å²) in [6, 6.07) is 8.28. The van der Waals surface area contributed by atoms with Crippen LogP contribution in [0, 0.1) is 13.8 Å². The first-order valence-corrected chi connectivity index (χ1v) is 7.54. The van der Waals surface area contributed by atoms with Gasteiger partial charge in [-0.3, -0.25) is 4.79 Å². The number of H-pyrrole nitrogens is 1. The lowest BCUT2D eigenvalue weighted by Gasteiger charge is -2.29. The van der Waals surface area contributed by atoms with Gasteiger partial charge in [0.25, 0.3) is 5.91 Å². The highest BCUT2D eigenvalue weighted by Gasteiger charge is 2.25. The molecule has 2 aromatic rings. The fraction of sp³-hybridized carbons (Fsp3) is 0.412. The van der Waals surface area contributed by atoms with Crippen molar-refractivity contribution in [1.82, 2.24) is 14.9 Å². The molecule has 0 fully saturated rings. The van der Waals surface area contributed by atoms with Crippen molar-refractivity contribution < 1.29 is 9.53 Å². The lowest BCUT2D eigenvalue weighted by molar-refractivity contribution is 0.0198. The molecule has 2 heterocycles. The van der Waals surface area contributed by atoms with Gasteiger partial charge in [0.1, 0.15) is 17.6 Å². The van der Waals surface area contributed by atoms with Crippen molar-refractivity contribution in [3.05, 3.63) is 52.6 Å². The fourth-order valence-electron chi connectivity index (χ4n) is 2.96. The standard InChI is InChI=1S/C17H21N3O2/c1-11-16(19-12(2)18-11)17(21)20(3)10-15-14-7-5-4-6-13(14)8-9-22-15/h4-7,15H,8-10H2,1-3H3,(H,18,19). The average Bonchev–Trinajstić information content (AvgIpc) is 2.85. The molecule has 1 N–H and O–H groups in total. The van der Waals surface area contributed by atoms with Crippen LogP contribution in [0.2, 0.25) is 0 Å². The number of fused-ring (bicyclic) bond motifs is 1. The number of amides is 1. The van der Waals surface area contributed by atoms with E-state index >= 15 is 0 Å². The number of ether oxygens (including phenoxy) is 1. The van der Waals surface area contributed by atoms with Crippen molar-refractivity contribution in [2.75, 3.05) is 20.2 Å². The summed E-state index contributed by atoms with van der Waals surface area (Å²) in [7, 11) is 1.80. The Balaban J connectivity index is 1.76. The monoisotopic (exact) mass is 299 g/mol. The molecular formula is C17H21N3O2. The predicted molar refractivity (Wildman–Crippen MR) is 83.9 cm³/mol. The first-order valence-electron chi connectivity index (χ1n) is 7.54. The van der Waals surface area contributed by atoms with Crippen LogP contribution in [-0.4, -0.2) is 41.0 Å². The fourth-order valence-corrected chi connectivity index (χ4v) is 2.96. The highest BCUT2D eigenvalue weighted by Crippen LogP contribution is 2.27. The van der Waals surface area contributed by atoms with E-state index in [-0.39, 0.29) is 12.0 Å². The lowest BCUT2D eigenvalue weighted by Crippen LogP contribution is -2.34. The largest absolute Gasteiger partial charge is 0.371 e. The molecule has 5 nitrogen and oxygen atoms in total. The van der Waals surface area contributed by atoms with Gasteiger partial charge in [-0.2, -0.15) is 0 Å². The van der Waals surface area contributed by atoms with Gasteiger partial charge in [0, 0.05) is 12.7 Å². The van der Waals surface area contributed by atoms with Crippen molar-refractivity contribution in [3.8, 4) is 0 Å². The molecule has 1 aromatic carbocycles. The number of likely N-dealkylation sites (N-methyl/N-ethyl adjacent to an activating group) is 1. The summed E-state index contributed by atoms with van der Waals surface area (Å²) in [5.74, 6) is 0.682. The van der Waals surface area contributed by atoms with E-state index in [2.05, 4.69) is 22.1 Å². The number of rotatable bonds is 3. The van der Waals surface area contributed by atoms with Gasteiger partial charge < -0.3 is 14.6 Å². The van der Waals surface area contributed by atoms with Gasteiger partial charge in [-0.15, -0.1) is 0 Å². The number of hydrogen-bond acceptors (Lipinski definition) is 3. The van der Waals surface area contributed by atoms with Crippen molar-refractivity contribution in [2.24, 2.45) is 0 Å². The summed E-state index contributed by atoms with van der Waals surface area (Å²) in [5.41, 5.74) is 3.79. The number of aryl methyl sites for hydroxylation is 2. The molecular weight excluding hydrogens is 278 g/mol. The normalized spacial score (nSPS) is 17.1. The molecule has 1 aromatic heterocycles. The van der Waals surface area contributed by atoms with Crippen LogP contribution >= 0.6 is 0 Å². The van der Waals surface area contributed by atoms with Crippen molar-refractivity contribution in [2.45, 2.75) is 26.4 Å². The van der Waals surface area contributed by atoms with E-state index in [0.29, 0.717) is 18.8 Å². The molecule has 0 radical (unpaired) electrons. The summed E-state index contributed by atoms with van der Waals surface area (Å²) in [6.45, 7) is 4.95. The van der Waals surface area contributed by atoms with Crippen molar-refractivity contribution >= 4 is 5.91 Å². The zero-order chi connectivity index (χ0) is 15.7. The van der Waals surface area contributed by atoms with Gasteiger partial charge >= 0.3 is 0 Å². The molecule has 0 saturated heterocycles. The number of hydrogen-bond donors (Lipinski definition) is 1. The minimum atomic E-state index is -0.0755. The first kappa shape index (κ1) is 14.8. The van der Waals surface area contributed by atoms with Crippen molar-refractivity contribution in [1.29, 1.82) is 0 Å². The van der Waals surface area contributed by atoms with Crippen LogP contribution in [0.15, 0.2) is 24.3 Å². The molecule has 3 rings (SSSR count). The molecule has 116 valence electrons. The number of carbonyl (C=O) groups is 1. The minimum Gasteiger partial charge on any atom is -0.371 e. The highest BCUT2D eigenvalue weighted by atomic mass is 16.5. The number of aromatic amines is 1. The molecule has 5 heteroatoms. The smallest absolute Gasteiger partial charge is 0.274 e. The number of nitrogens with one attached hydrogen (secondary N) is 1. The Morgan fingerprint density at radius 3 is 2.91 bits per heavy atom. The van der Waals surface area contributed by atoms with Gasteiger partial charge in [0.2, 0.25) is 0 Å². The van der Waals surface area contributed by atoms with E-state index in [1.807, 2.05) is 26.0 Å². The first-order chi connectivity index (χ1) is 10.6. The number of nitrogens with zero attached hydrogens (tertiary/aromatic N) is 2. The van der Waals surface area contributed by atoms with E-state index in [9.17, 15) is 4.79 Å². The van der Waals surface area contributed by atoms with Crippen LogP contribution in [0.25, 0.3) is 0 Å². The summed E-state index contributed by atoms with van der Waals surface area (Å²) in [4.78, 5) is 21.6. The van der Waals surface area contributed by atoms with E-state index in [4.69, 9.17) is 4.74 Å². The maximum Gasteiger partial charge on any atom is 0.274 e. The Morgan fingerprint density at radius 2 is 2.18 bits per heavy atom. The van der Waals surface area contributed by atoms with Gasteiger partial charge in [-0.25, -0.2) is 4.98 Å². The van der Waals surface area contributed by atoms with E-state index in [0.717, 1.165) is 17.9 Å². The molecule has 0 saturated carbocycles. The molecule has 1 atom stereocenters.